The molecule has 1 nitrogen and oxygen atoms in total. The van der Waals surface area contributed by atoms with Gasteiger partial charge in [0, 0.05) is 16.5 Å². The number of benzene rings is 3. The van der Waals surface area contributed by atoms with Gasteiger partial charge in [-0.2, -0.15) is 0 Å². The number of halogens is 2. The third-order valence-electron chi connectivity index (χ3n) is 4.33. The first-order valence-corrected chi connectivity index (χ1v) is 8.04. The molecule has 0 aliphatic heterocycles. The van der Waals surface area contributed by atoms with Crippen molar-refractivity contribution < 1.29 is 8.78 Å². The average Bonchev–Trinajstić information content (AvgIpc) is 2.63. The van der Waals surface area contributed by atoms with Crippen molar-refractivity contribution in [2.45, 2.75) is 6.92 Å². The van der Waals surface area contributed by atoms with E-state index in [2.05, 4.69) is 4.98 Å². The van der Waals surface area contributed by atoms with Crippen LogP contribution in [0.4, 0.5) is 8.78 Å². The van der Waals surface area contributed by atoms with E-state index < -0.39 is 0 Å². The van der Waals surface area contributed by atoms with Crippen LogP contribution in [0.2, 0.25) is 0 Å². The number of fused-ring (bicyclic) bond motifs is 1. The molecule has 122 valence electrons. The number of hydrogen-bond acceptors (Lipinski definition) is 1. The third-order valence-corrected chi connectivity index (χ3v) is 4.33. The van der Waals surface area contributed by atoms with Gasteiger partial charge in [-0.1, -0.05) is 42.5 Å². The summed E-state index contributed by atoms with van der Waals surface area (Å²) in [6.45, 7) is 1.90. The van der Waals surface area contributed by atoms with Gasteiger partial charge in [0.1, 0.15) is 11.6 Å². The Kier molecular flexibility index (Phi) is 3.77. The van der Waals surface area contributed by atoms with Crippen LogP contribution in [0.3, 0.4) is 0 Å². The average molecular weight is 331 g/mol. The van der Waals surface area contributed by atoms with Crippen LogP contribution >= 0.6 is 0 Å². The first-order chi connectivity index (χ1) is 12.1. The van der Waals surface area contributed by atoms with E-state index in [1.165, 1.54) is 18.2 Å². The molecule has 0 N–H and O–H groups in total. The molecular formula is C22H15F2N. The van der Waals surface area contributed by atoms with Gasteiger partial charge >= 0.3 is 0 Å². The zero-order chi connectivity index (χ0) is 17.4. The Labute approximate surface area is 144 Å². The zero-order valence-corrected chi connectivity index (χ0v) is 13.6. The van der Waals surface area contributed by atoms with E-state index in [0.717, 1.165) is 16.5 Å². The molecule has 0 amide bonds. The highest BCUT2D eigenvalue weighted by atomic mass is 19.1. The lowest BCUT2D eigenvalue weighted by molar-refractivity contribution is 0.629. The van der Waals surface area contributed by atoms with E-state index in [1.807, 2.05) is 49.4 Å². The van der Waals surface area contributed by atoms with E-state index in [1.54, 1.807) is 12.1 Å². The quantitative estimate of drug-likeness (QED) is 0.429. The Hall–Kier alpha value is -3.07. The summed E-state index contributed by atoms with van der Waals surface area (Å²) in [4.78, 5) is 4.56. The standard InChI is InChI=1S/C22H15F2N/c1-14-11-22(25-21-10-8-17(23)13-19(14)21)16-7-9-18(20(24)12-16)15-5-3-2-4-6-15/h2-13H,1H3. The number of nitrogens with zero attached hydrogens (tertiary/aromatic N) is 1. The fraction of sp³-hybridized carbons (Fsp3) is 0.0455. The molecule has 0 aliphatic rings. The van der Waals surface area contributed by atoms with E-state index in [4.69, 9.17) is 0 Å². The number of pyridine rings is 1. The van der Waals surface area contributed by atoms with Crippen LogP contribution in [0.25, 0.3) is 33.3 Å². The fourth-order valence-electron chi connectivity index (χ4n) is 3.04. The van der Waals surface area contributed by atoms with Gasteiger partial charge in [-0.25, -0.2) is 13.8 Å². The lowest BCUT2D eigenvalue weighted by atomic mass is 10.0. The van der Waals surface area contributed by atoms with Crippen LogP contribution < -0.4 is 0 Å². The molecule has 0 saturated heterocycles. The SMILES string of the molecule is Cc1cc(-c2ccc(-c3ccccc3)c(F)c2)nc2ccc(F)cc12. The largest absolute Gasteiger partial charge is 0.248 e. The maximum atomic E-state index is 14.6. The van der Waals surface area contributed by atoms with Crippen molar-refractivity contribution in [3.8, 4) is 22.4 Å². The van der Waals surface area contributed by atoms with Crippen LogP contribution in [-0.2, 0) is 0 Å². The van der Waals surface area contributed by atoms with E-state index >= 15 is 0 Å². The highest BCUT2D eigenvalue weighted by Gasteiger charge is 2.10. The lowest BCUT2D eigenvalue weighted by Gasteiger charge is -2.09. The summed E-state index contributed by atoms with van der Waals surface area (Å²) in [7, 11) is 0. The minimum atomic E-state index is -0.289. The highest BCUT2D eigenvalue weighted by molar-refractivity contribution is 5.85. The first kappa shape index (κ1) is 15.5. The summed E-state index contributed by atoms with van der Waals surface area (Å²) in [6, 6.07) is 20.9. The summed E-state index contributed by atoms with van der Waals surface area (Å²) in [6.07, 6.45) is 0. The molecule has 25 heavy (non-hydrogen) atoms. The molecule has 0 aliphatic carbocycles. The maximum absolute atomic E-state index is 14.6. The van der Waals surface area contributed by atoms with Gasteiger partial charge < -0.3 is 0 Å². The molecule has 3 heteroatoms. The number of aromatic nitrogens is 1. The number of hydrogen-bond donors (Lipinski definition) is 0. The van der Waals surface area contributed by atoms with Crippen LogP contribution in [0.1, 0.15) is 5.56 Å². The van der Waals surface area contributed by atoms with Crippen LogP contribution in [0.5, 0.6) is 0 Å². The minimum absolute atomic E-state index is 0.289. The van der Waals surface area contributed by atoms with Gasteiger partial charge in [-0.3, -0.25) is 0 Å². The predicted molar refractivity (Wildman–Crippen MR) is 97.3 cm³/mol. The molecule has 1 aromatic heterocycles. The Bertz CT molecular complexity index is 1070. The second kappa shape index (κ2) is 6.10. The van der Waals surface area contributed by atoms with E-state index in [-0.39, 0.29) is 11.6 Å². The minimum Gasteiger partial charge on any atom is -0.248 e. The molecule has 4 rings (SSSR count). The number of aryl methyl sites for hydroxylation is 1. The second-order valence-electron chi connectivity index (χ2n) is 6.05. The molecule has 0 unspecified atom stereocenters. The van der Waals surface area contributed by atoms with E-state index in [9.17, 15) is 8.78 Å². The van der Waals surface area contributed by atoms with Crippen molar-refractivity contribution in [2.75, 3.05) is 0 Å². The first-order valence-electron chi connectivity index (χ1n) is 8.04. The Morgan fingerprint density at radius 1 is 0.760 bits per heavy atom. The Morgan fingerprint density at radius 2 is 1.56 bits per heavy atom. The topological polar surface area (TPSA) is 12.9 Å². The fourth-order valence-corrected chi connectivity index (χ4v) is 3.04. The van der Waals surface area contributed by atoms with Gasteiger partial charge in [0.2, 0.25) is 0 Å². The molecular weight excluding hydrogens is 316 g/mol. The van der Waals surface area contributed by atoms with Gasteiger partial charge in [0.25, 0.3) is 0 Å². The molecule has 0 spiro atoms. The summed E-state index contributed by atoms with van der Waals surface area (Å²) >= 11 is 0. The predicted octanol–water partition coefficient (Wildman–Crippen LogP) is 6.16. The lowest BCUT2D eigenvalue weighted by Crippen LogP contribution is -1.92. The van der Waals surface area contributed by atoms with Gasteiger partial charge in [-0.05, 0) is 48.4 Å². The monoisotopic (exact) mass is 331 g/mol. The van der Waals surface area contributed by atoms with Gasteiger partial charge in [0.15, 0.2) is 0 Å². The van der Waals surface area contributed by atoms with Crippen molar-refractivity contribution in [1.82, 2.24) is 4.98 Å². The summed E-state index contributed by atoms with van der Waals surface area (Å²) in [5, 5.41) is 0.769. The van der Waals surface area contributed by atoms with Crippen molar-refractivity contribution in [1.29, 1.82) is 0 Å². The van der Waals surface area contributed by atoms with Gasteiger partial charge in [-0.15, -0.1) is 0 Å². The normalized spacial score (nSPS) is 11.0. The Balaban J connectivity index is 1.81. The highest BCUT2D eigenvalue weighted by Crippen LogP contribution is 2.29. The van der Waals surface area contributed by atoms with Crippen LogP contribution in [0, 0.1) is 18.6 Å². The zero-order valence-electron chi connectivity index (χ0n) is 13.6. The smallest absolute Gasteiger partial charge is 0.131 e. The van der Waals surface area contributed by atoms with Crippen LogP contribution in [0.15, 0.2) is 72.8 Å². The summed E-state index contributed by atoms with van der Waals surface area (Å²) in [5.41, 5.74) is 4.38. The van der Waals surface area contributed by atoms with Gasteiger partial charge in [0.05, 0.1) is 11.2 Å². The maximum Gasteiger partial charge on any atom is 0.131 e. The molecule has 0 radical (unpaired) electrons. The molecule has 0 fully saturated rings. The molecule has 0 atom stereocenters. The second-order valence-corrected chi connectivity index (χ2v) is 6.05. The molecule has 0 saturated carbocycles. The summed E-state index contributed by atoms with van der Waals surface area (Å²) in [5.74, 6) is -0.578. The van der Waals surface area contributed by atoms with Crippen molar-refractivity contribution in [2.24, 2.45) is 0 Å². The summed E-state index contributed by atoms with van der Waals surface area (Å²) < 4.78 is 28.0. The molecule has 4 aromatic rings. The van der Waals surface area contributed by atoms with E-state index in [0.29, 0.717) is 22.3 Å². The van der Waals surface area contributed by atoms with Crippen molar-refractivity contribution in [3.05, 3.63) is 90.0 Å². The third kappa shape index (κ3) is 2.89. The van der Waals surface area contributed by atoms with Crippen molar-refractivity contribution in [3.63, 3.8) is 0 Å². The van der Waals surface area contributed by atoms with Crippen LogP contribution in [-0.4, -0.2) is 4.98 Å². The Morgan fingerprint density at radius 3 is 2.32 bits per heavy atom. The molecule has 0 bridgehead atoms. The molecule has 1 heterocycles. The van der Waals surface area contributed by atoms with Crippen molar-refractivity contribution >= 4 is 10.9 Å². The molecule has 3 aromatic carbocycles. The number of rotatable bonds is 2.